The summed E-state index contributed by atoms with van der Waals surface area (Å²) in [5.74, 6) is 0.755. The van der Waals surface area contributed by atoms with Crippen LogP contribution in [-0.2, 0) is 13.1 Å². The van der Waals surface area contributed by atoms with E-state index < -0.39 is 0 Å². The molecule has 138 valence electrons. The molecule has 0 aliphatic rings. The van der Waals surface area contributed by atoms with E-state index in [-0.39, 0.29) is 5.91 Å². The molecule has 0 fully saturated rings. The van der Waals surface area contributed by atoms with E-state index in [4.69, 9.17) is 4.42 Å². The molecular formula is C25H21NO2. The minimum Gasteiger partial charge on any atom is -0.467 e. The zero-order chi connectivity index (χ0) is 19.2. The Morgan fingerprint density at radius 2 is 1.32 bits per heavy atom. The molecule has 3 nitrogen and oxygen atoms in total. The van der Waals surface area contributed by atoms with E-state index in [0.717, 1.165) is 22.5 Å². The molecule has 0 spiro atoms. The first-order valence-electron chi connectivity index (χ1n) is 9.31. The van der Waals surface area contributed by atoms with Gasteiger partial charge in [-0.15, -0.1) is 0 Å². The number of benzene rings is 3. The second-order valence-electron chi connectivity index (χ2n) is 6.67. The molecule has 0 radical (unpaired) electrons. The zero-order valence-corrected chi connectivity index (χ0v) is 15.5. The van der Waals surface area contributed by atoms with Gasteiger partial charge in [0.15, 0.2) is 0 Å². The monoisotopic (exact) mass is 367 g/mol. The van der Waals surface area contributed by atoms with Crippen LogP contribution in [0.1, 0.15) is 21.7 Å². The summed E-state index contributed by atoms with van der Waals surface area (Å²) in [5, 5.41) is 0. The van der Waals surface area contributed by atoms with Crippen molar-refractivity contribution in [2.45, 2.75) is 13.1 Å². The van der Waals surface area contributed by atoms with Crippen molar-refractivity contribution in [1.29, 1.82) is 0 Å². The highest BCUT2D eigenvalue weighted by molar-refractivity contribution is 5.94. The van der Waals surface area contributed by atoms with Crippen molar-refractivity contribution in [3.05, 3.63) is 120 Å². The van der Waals surface area contributed by atoms with E-state index in [2.05, 4.69) is 12.1 Å². The molecule has 0 saturated heterocycles. The Morgan fingerprint density at radius 1 is 0.679 bits per heavy atom. The molecule has 4 aromatic rings. The summed E-state index contributed by atoms with van der Waals surface area (Å²) in [6.07, 6.45) is 1.63. The summed E-state index contributed by atoms with van der Waals surface area (Å²) in [7, 11) is 0. The standard InChI is InChI=1S/C25H21NO2/c27-25(23-15-13-22(14-16-23)21-10-5-2-6-11-21)26(19-24-12-7-17-28-24)18-20-8-3-1-4-9-20/h1-17H,18-19H2. The van der Waals surface area contributed by atoms with Gasteiger partial charge in [-0.2, -0.15) is 0 Å². The Balaban J connectivity index is 1.57. The van der Waals surface area contributed by atoms with Crippen LogP contribution in [0, 0.1) is 0 Å². The van der Waals surface area contributed by atoms with Crippen molar-refractivity contribution in [3.63, 3.8) is 0 Å². The van der Waals surface area contributed by atoms with Gasteiger partial charge < -0.3 is 9.32 Å². The highest BCUT2D eigenvalue weighted by atomic mass is 16.3. The first-order valence-corrected chi connectivity index (χ1v) is 9.31. The fraction of sp³-hybridized carbons (Fsp3) is 0.0800. The van der Waals surface area contributed by atoms with E-state index in [1.807, 2.05) is 89.8 Å². The number of furan rings is 1. The second-order valence-corrected chi connectivity index (χ2v) is 6.67. The maximum absolute atomic E-state index is 13.2. The van der Waals surface area contributed by atoms with Crippen molar-refractivity contribution >= 4 is 5.91 Å². The van der Waals surface area contributed by atoms with E-state index in [1.54, 1.807) is 6.26 Å². The Labute approximate surface area is 164 Å². The van der Waals surface area contributed by atoms with Gasteiger partial charge in [-0.1, -0.05) is 72.8 Å². The highest BCUT2D eigenvalue weighted by Crippen LogP contribution is 2.21. The van der Waals surface area contributed by atoms with Gasteiger partial charge in [0.25, 0.3) is 5.91 Å². The van der Waals surface area contributed by atoms with Crippen LogP contribution in [0.5, 0.6) is 0 Å². The molecule has 1 heterocycles. The molecule has 0 atom stereocenters. The molecule has 1 aromatic heterocycles. The minimum absolute atomic E-state index is 0.0140. The molecule has 3 heteroatoms. The van der Waals surface area contributed by atoms with Crippen molar-refractivity contribution in [1.82, 2.24) is 4.90 Å². The van der Waals surface area contributed by atoms with Crippen LogP contribution in [0.25, 0.3) is 11.1 Å². The van der Waals surface area contributed by atoms with Gasteiger partial charge >= 0.3 is 0 Å². The molecule has 0 N–H and O–H groups in total. The SMILES string of the molecule is O=C(c1ccc(-c2ccccc2)cc1)N(Cc1ccccc1)Cc1ccco1. The number of carbonyl (C=O) groups is 1. The van der Waals surface area contributed by atoms with Gasteiger partial charge in [0.1, 0.15) is 5.76 Å². The second kappa shape index (κ2) is 8.40. The van der Waals surface area contributed by atoms with Crippen LogP contribution in [0.4, 0.5) is 0 Å². The molecule has 0 bridgehead atoms. The zero-order valence-electron chi connectivity index (χ0n) is 15.5. The minimum atomic E-state index is -0.0140. The summed E-state index contributed by atoms with van der Waals surface area (Å²) < 4.78 is 5.47. The van der Waals surface area contributed by atoms with Crippen molar-refractivity contribution in [2.75, 3.05) is 0 Å². The molecule has 0 aliphatic carbocycles. The smallest absolute Gasteiger partial charge is 0.254 e. The lowest BCUT2D eigenvalue weighted by atomic mass is 10.0. The molecule has 0 aliphatic heterocycles. The van der Waals surface area contributed by atoms with Gasteiger partial charge in [0, 0.05) is 12.1 Å². The fourth-order valence-corrected chi connectivity index (χ4v) is 3.21. The molecule has 3 aromatic carbocycles. The topological polar surface area (TPSA) is 33.5 Å². The maximum Gasteiger partial charge on any atom is 0.254 e. The Hall–Kier alpha value is -3.59. The lowest BCUT2D eigenvalue weighted by molar-refractivity contribution is 0.0717. The summed E-state index contributed by atoms with van der Waals surface area (Å²) in [6, 6.07) is 31.7. The Kier molecular flexibility index (Phi) is 5.34. The number of hydrogen-bond donors (Lipinski definition) is 0. The van der Waals surface area contributed by atoms with Crippen LogP contribution in [0.15, 0.2) is 108 Å². The van der Waals surface area contributed by atoms with E-state index in [1.165, 1.54) is 0 Å². The van der Waals surface area contributed by atoms with Gasteiger partial charge in [-0.05, 0) is 41.0 Å². The number of carbonyl (C=O) groups excluding carboxylic acids is 1. The average Bonchev–Trinajstić information content (AvgIpc) is 3.27. The lowest BCUT2D eigenvalue weighted by Gasteiger charge is -2.22. The quantitative estimate of drug-likeness (QED) is 0.432. The molecule has 4 rings (SSSR count). The third-order valence-corrected chi connectivity index (χ3v) is 4.67. The summed E-state index contributed by atoms with van der Waals surface area (Å²) in [4.78, 5) is 15.0. The Morgan fingerprint density at radius 3 is 1.96 bits per heavy atom. The largest absolute Gasteiger partial charge is 0.467 e. The number of amides is 1. The van der Waals surface area contributed by atoms with Crippen molar-refractivity contribution in [3.8, 4) is 11.1 Å². The van der Waals surface area contributed by atoms with Gasteiger partial charge in [0.2, 0.25) is 0 Å². The van der Waals surface area contributed by atoms with Crippen LogP contribution >= 0.6 is 0 Å². The summed E-state index contributed by atoms with van der Waals surface area (Å²) >= 11 is 0. The predicted octanol–water partition coefficient (Wildman–Crippen LogP) is 5.79. The average molecular weight is 367 g/mol. The van der Waals surface area contributed by atoms with Gasteiger partial charge in [-0.3, -0.25) is 4.79 Å². The van der Waals surface area contributed by atoms with Crippen LogP contribution in [-0.4, -0.2) is 10.8 Å². The predicted molar refractivity (Wildman–Crippen MR) is 111 cm³/mol. The highest BCUT2D eigenvalue weighted by Gasteiger charge is 2.18. The number of hydrogen-bond acceptors (Lipinski definition) is 2. The van der Waals surface area contributed by atoms with Crippen LogP contribution in [0.3, 0.4) is 0 Å². The summed E-state index contributed by atoms with van der Waals surface area (Å²) in [6.45, 7) is 0.960. The maximum atomic E-state index is 13.2. The van der Waals surface area contributed by atoms with Crippen LogP contribution in [0.2, 0.25) is 0 Å². The summed E-state index contributed by atoms with van der Waals surface area (Å²) in [5.41, 5.74) is 3.99. The Bertz CT molecular complexity index is 1010. The van der Waals surface area contributed by atoms with Crippen LogP contribution < -0.4 is 0 Å². The first-order chi connectivity index (χ1) is 13.8. The van der Waals surface area contributed by atoms with Crippen molar-refractivity contribution < 1.29 is 9.21 Å². The van der Waals surface area contributed by atoms with Crippen molar-refractivity contribution in [2.24, 2.45) is 0 Å². The van der Waals surface area contributed by atoms with E-state index in [9.17, 15) is 4.79 Å². The molecule has 28 heavy (non-hydrogen) atoms. The molecule has 1 amide bonds. The fourth-order valence-electron chi connectivity index (χ4n) is 3.21. The lowest BCUT2D eigenvalue weighted by Crippen LogP contribution is -2.30. The molecular weight excluding hydrogens is 346 g/mol. The van der Waals surface area contributed by atoms with E-state index in [0.29, 0.717) is 18.7 Å². The van der Waals surface area contributed by atoms with Gasteiger partial charge in [0.05, 0.1) is 12.8 Å². The normalized spacial score (nSPS) is 10.6. The molecule has 0 saturated carbocycles. The van der Waals surface area contributed by atoms with E-state index >= 15 is 0 Å². The molecule has 0 unspecified atom stereocenters. The number of nitrogens with zero attached hydrogens (tertiary/aromatic N) is 1. The van der Waals surface area contributed by atoms with Gasteiger partial charge in [-0.25, -0.2) is 0 Å². The third-order valence-electron chi connectivity index (χ3n) is 4.67. The first kappa shape index (κ1) is 17.8. The third kappa shape index (κ3) is 4.21. The number of rotatable bonds is 6.